The number of hydrogen-bond donors (Lipinski definition) is 0. The maximum absolute atomic E-state index is 6.30. The molecule has 1 unspecified atom stereocenters. The number of rotatable bonds is 8. The molecule has 2 nitrogen and oxygen atoms in total. The maximum Gasteiger partial charge on any atom is 0.169 e. The van der Waals surface area contributed by atoms with Crippen LogP contribution < -0.4 is 9.64 Å². The van der Waals surface area contributed by atoms with Crippen LogP contribution in [0.5, 0.6) is 5.75 Å². The SMILES string of the molecule is CCCCN(c1ccccc1)C(C)Oc1ccc(C2CCCCC2)cc1. The van der Waals surface area contributed by atoms with Gasteiger partial charge in [-0.15, -0.1) is 0 Å². The van der Waals surface area contributed by atoms with E-state index in [0.717, 1.165) is 18.2 Å². The number of unbranched alkanes of at least 4 members (excludes halogenated alkanes) is 1. The highest BCUT2D eigenvalue weighted by Crippen LogP contribution is 2.33. The zero-order valence-electron chi connectivity index (χ0n) is 16.4. The summed E-state index contributed by atoms with van der Waals surface area (Å²) in [5.74, 6) is 1.72. The maximum atomic E-state index is 6.30. The van der Waals surface area contributed by atoms with E-state index in [-0.39, 0.29) is 6.23 Å². The first-order chi connectivity index (χ1) is 12.8. The van der Waals surface area contributed by atoms with Crippen molar-refractivity contribution in [1.29, 1.82) is 0 Å². The summed E-state index contributed by atoms with van der Waals surface area (Å²) in [6, 6.07) is 19.5. The zero-order chi connectivity index (χ0) is 18.2. The van der Waals surface area contributed by atoms with Gasteiger partial charge in [0.05, 0.1) is 0 Å². The molecule has 0 radical (unpaired) electrons. The van der Waals surface area contributed by atoms with Crippen molar-refractivity contribution >= 4 is 5.69 Å². The minimum Gasteiger partial charge on any atom is -0.471 e. The van der Waals surface area contributed by atoms with E-state index in [9.17, 15) is 0 Å². The van der Waals surface area contributed by atoms with Gasteiger partial charge in [0.2, 0.25) is 0 Å². The van der Waals surface area contributed by atoms with E-state index < -0.39 is 0 Å². The minimum absolute atomic E-state index is 0.0180. The lowest BCUT2D eigenvalue weighted by Gasteiger charge is -2.31. The van der Waals surface area contributed by atoms with Crippen LogP contribution in [0.15, 0.2) is 54.6 Å². The van der Waals surface area contributed by atoms with E-state index in [2.05, 4.69) is 73.3 Å². The van der Waals surface area contributed by atoms with Crippen molar-refractivity contribution in [2.24, 2.45) is 0 Å². The Balaban J connectivity index is 1.65. The fourth-order valence-corrected chi connectivity index (χ4v) is 3.98. The van der Waals surface area contributed by atoms with Crippen molar-refractivity contribution in [2.75, 3.05) is 11.4 Å². The van der Waals surface area contributed by atoms with Gasteiger partial charge in [-0.25, -0.2) is 0 Å². The van der Waals surface area contributed by atoms with Gasteiger partial charge in [-0.3, -0.25) is 0 Å². The Morgan fingerprint density at radius 1 is 0.962 bits per heavy atom. The summed E-state index contributed by atoms with van der Waals surface area (Å²) in [5, 5.41) is 0. The van der Waals surface area contributed by atoms with Crippen LogP contribution >= 0.6 is 0 Å². The molecule has 26 heavy (non-hydrogen) atoms. The molecule has 2 heteroatoms. The van der Waals surface area contributed by atoms with Crippen LogP contribution in [-0.4, -0.2) is 12.8 Å². The summed E-state index contributed by atoms with van der Waals surface area (Å²) in [7, 11) is 0. The quantitative estimate of drug-likeness (QED) is 0.487. The molecule has 140 valence electrons. The highest BCUT2D eigenvalue weighted by molar-refractivity contribution is 5.46. The molecule has 1 atom stereocenters. The van der Waals surface area contributed by atoms with Crippen molar-refractivity contribution < 1.29 is 4.74 Å². The first-order valence-electron chi connectivity index (χ1n) is 10.4. The molecule has 3 rings (SSSR count). The van der Waals surface area contributed by atoms with Gasteiger partial charge < -0.3 is 9.64 Å². The van der Waals surface area contributed by atoms with Gasteiger partial charge in [-0.05, 0) is 61.9 Å². The van der Waals surface area contributed by atoms with Gasteiger partial charge >= 0.3 is 0 Å². The predicted molar refractivity (Wildman–Crippen MR) is 111 cm³/mol. The number of anilines is 1. The molecule has 0 heterocycles. The number of ether oxygens (including phenoxy) is 1. The average Bonchev–Trinajstić information content (AvgIpc) is 2.70. The Morgan fingerprint density at radius 3 is 2.31 bits per heavy atom. The molecule has 0 aromatic heterocycles. The molecular formula is C24H33NO. The molecule has 0 saturated heterocycles. The summed E-state index contributed by atoms with van der Waals surface area (Å²) in [5.41, 5.74) is 2.71. The molecule has 2 aromatic carbocycles. The molecule has 1 aliphatic rings. The molecule has 0 amide bonds. The average molecular weight is 352 g/mol. The molecule has 0 aliphatic heterocycles. The van der Waals surface area contributed by atoms with E-state index in [1.807, 2.05) is 0 Å². The minimum atomic E-state index is 0.0180. The fourth-order valence-electron chi connectivity index (χ4n) is 3.98. The topological polar surface area (TPSA) is 12.5 Å². The normalized spacial score (nSPS) is 16.2. The predicted octanol–water partition coefficient (Wildman–Crippen LogP) is 6.77. The van der Waals surface area contributed by atoms with Gasteiger partial charge in [-0.2, -0.15) is 0 Å². The van der Waals surface area contributed by atoms with Crippen molar-refractivity contribution in [2.45, 2.75) is 70.9 Å². The number of hydrogen-bond acceptors (Lipinski definition) is 2. The first-order valence-corrected chi connectivity index (χ1v) is 10.4. The van der Waals surface area contributed by atoms with E-state index in [1.54, 1.807) is 0 Å². The van der Waals surface area contributed by atoms with Gasteiger partial charge in [-0.1, -0.05) is 62.9 Å². The molecule has 1 fully saturated rings. The van der Waals surface area contributed by atoms with E-state index in [4.69, 9.17) is 4.74 Å². The van der Waals surface area contributed by atoms with Crippen LogP contribution in [-0.2, 0) is 0 Å². The van der Waals surface area contributed by atoms with Gasteiger partial charge in [0.15, 0.2) is 6.23 Å². The van der Waals surface area contributed by atoms with E-state index in [0.29, 0.717) is 0 Å². The summed E-state index contributed by atoms with van der Waals surface area (Å²) in [6.45, 7) is 5.40. The molecule has 1 saturated carbocycles. The second-order valence-corrected chi connectivity index (χ2v) is 7.50. The Bertz CT molecular complexity index is 631. The standard InChI is InChI=1S/C24H33NO/c1-3-4-19-25(23-13-9-6-10-14-23)20(2)26-24-17-15-22(16-18-24)21-11-7-5-8-12-21/h6,9-10,13-18,20-21H,3-5,7-8,11-12,19H2,1-2H3. The Hall–Kier alpha value is -1.96. The molecule has 0 spiro atoms. The van der Waals surface area contributed by atoms with Crippen LogP contribution in [0.3, 0.4) is 0 Å². The smallest absolute Gasteiger partial charge is 0.169 e. The molecule has 1 aliphatic carbocycles. The van der Waals surface area contributed by atoms with Gasteiger partial charge in [0.25, 0.3) is 0 Å². The number of benzene rings is 2. The third kappa shape index (κ3) is 5.03. The van der Waals surface area contributed by atoms with Crippen LogP contribution in [0.4, 0.5) is 5.69 Å². The monoisotopic (exact) mass is 351 g/mol. The first kappa shape index (κ1) is 18.8. The van der Waals surface area contributed by atoms with E-state index >= 15 is 0 Å². The van der Waals surface area contributed by atoms with Crippen molar-refractivity contribution in [1.82, 2.24) is 0 Å². The van der Waals surface area contributed by atoms with Crippen LogP contribution in [0, 0.1) is 0 Å². The largest absolute Gasteiger partial charge is 0.471 e. The molecule has 2 aromatic rings. The summed E-state index contributed by atoms with van der Waals surface area (Å²) in [6.07, 6.45) is 9.22. The molecule has 0 bridgehead atoms. The molecular weight excluding hydrogens is 318 g/mol. The third-order valence-corrected chi connectivity index (χ3v) is 5.54. The zero-order valence-corrected chi connectivity index (χ0v) is 16.4. The summed E-state index contributed by atoms with van der Waals surface area (Å²) < 4.78 is 6.30. The van der Waals surface area contributed by atoms with E-state index in [1.165, 1.54) is 56.2 Å². The number of para-hydroxylation sites is 1. The Morgan fingerprint density at radius 2 is 1.65 bits per heavy atom. The highest BCUT2D eigenvalue weighted by Gasteiger charge is 2.17. The lowest BCUT2D eigenvalue weighted by atomic mass is 9.84. The number of nitrogens with zero attached hydrogens (tertiary/aromatic N) is 1. The summed E-state index contributed by atoms with van der Waals surface area (Å²) in [4.78, 5) is 2.36. The van der Waals surface area contributed by atoms with Gasteiger partial charge in [0.1, 0.15) is 5.75 Å². The third-order valence-electron chi connectivity index (χ3n) is 5.54. The summed E-state index contributed by atoms with van der Waals surface area (Å²) >= 11 is 0. The van der Waals surface area contributed by atoms with Crippen molar-refractivity contribution in [3.05, 3.63) is 60.2 Å². The van der Waals surface area contributed by atoms with Crippen LogP contribution in [0.25, 0.3) is 0 Å². The second-order valence-electron chi connectivity index (χ2n) is 7.50. The van der Waals surface area contributed by atoms with Crippen LogP contribution in [0.1, 0.15) is 70.3 Å². The second kappa shape index (κ2) is 9.66. The van der Waals surface area contributed by atoms with Gasteiger partial charge in [0, 0.05) is 12.2 Å². The lowest BCUT2D eigenvalue weighted by Crippen LogP contribution is -2.38. The van der Waals surface area contributed by atoms with Crippen LogP contribution in [0.2, 0.25) is 0 Å². The highest BCUT2D eigenvalue weighted by atomic mass is 16.5. The Labute approximate surface area is 159 Å². The molecule has 0 N–H and O–H groups in total. The lowest BCUT2D eigenvalue weighted by molar-refractivity contribution is 0.214. The fraction of sp³-hybridized carbons (Fsp3) is 0.500. The van der Waals surface area contributed by atoms with Crippen molar-refractivity contribution in [3.63, 3.8) is 0 Å². The van der Waals surface area contributed by atoms with Crippen molar-refractivity contribution in [3.8, 4) is 5.75 Å². The Kier molecular flexibility index (Phi) is 6.99.